The zero-order valence-electron chi connectivity index (χ0n) is 17.0. The third-order valence-corrected chi connectivity index (χ3v) is 5.64. The first-order chi connectivity index (χ1) is 15.1. The van der Waals surface area contributed by atoms with Crippen molar-refractivity contribution in [3.05, 3.63) is 59.0 Å². The lowest BCUT2D eigenvalue weighted by Crippen LogP contribution is -2.35. The Morgan fingerprint density at radius 1 is 1.23 bits per heavy atom. The number of furan rings is 1. The van der Waals surface area contributed by atoms with E-state index in [1.54, 1.807) is 13.2 Å². The molecule has 1 amide bonds. The Bertz CT molecular complexity index is 1150. The van der Waals surface area contributed by atoms with Crippen molar-refractivity contribution in [2.24, 2.45) is 0 Å². The van der Waals surface area contributed by atoms with Crippen molar-refractivity contribution in [3.63, 3.8) is 0 Å². The number of fused-ring (bicyclic) bond motifs is 2. The fourth-order valence-electron chi connectivity index (χ4n) is 4.07. The van der Waals surface area contributed by atoms with Gasteiger partial charge in [-0.05, 0) is 36.2 Å². The molecule has 3 aromatic rings. The van der Waals surface area contributed by atoms with Crippen LogP contribution in [0, 0.1) is 0 Å². The summed E-state index contributed by atoms with van der Waals surface area (Å²) in [4.78, 5) is 24.8. The Hall–Kier alpha value is -3.68. The largest absolute Gasteiger partial charge is 0.488 e. The first-order valence-corrected chi connectivity index (χ1v) is 10.2. The molecule has 8 nitrogen and oxygen atoms in total. The van der Waals surface area contributed by atoms with Crippen LogP contribution < -0.4 is 14.8 Å². The summed E-state index contributed by atoms with van der Waals surface area (Å²) in [6, 6.07) is 9.49. The molecule has 3 heterocycles. The molecular weight excluding hydrogens is 398 g/mol. The van der Waals surface area contributed by atoms with E-state index < -0.39 is 0 Å². The van der Waals surface area contributed by atoms with Gasteiger partial charge in [0.05, 0.1) is 30.5 Å². The molecule has 0 spiro atoms. The third kappa shape index (κ3) is 3.65. The average Bonchev–Trinajstić information content (AvgIpc) is 3.42. The van der Waals surface area contributed by atoms with Crippen molar-refractivity contribution < 1.29 is 23.5 Å². The minimum Gasteiger partial charge on any atom is -0.488 e. The summed E-state index contributed by atoms with van der Waals surface area (Å²) in [6.45, 7) is 0.333. The van der Waals surface area contributed by atoms with Gasteiger partial charge in [0.1, 0.15) is 23.9 Å². The molecular formula is C23H21N3O5. The Morgan fingerprint density at radius 2 is 2.13 bits per heavy atom. The van der Waals surface area contributed by atoms with Gasteiger partial charge in [-0.15, -0.1) is 10.2 Å². The molecule has 31 heavy (non-hydrogen) atoms. The van der Waals surface area contributed by atoms with Gasteiger partial charge in [-0.2, -0.15) is 0 Å². The van der Waals surface area contributed by atoms with E-state index in [4.69, 9.17) is 13.9 Å². The molecule has 0 bridgehead atoms. The van der Waals surface area contributed by atoms with Gasteiger partial charge in [0.2, 0.25) is 5.88 Å². The predicted octanol–water partition coefficient (Wildman–Crippen LogP) is 3.00. The van der Waals surface area contributed by atoms with Crippen LogP contribution in [0.4, 0.5) is 0 Å². The molecule has 2 aromatic heterocycles. The van der Waals surface area contributed by atoms with Crippen molar-refractivity contribution in [2.75, 3.05) is 13.7 Å². The smallest absolute Gasteiger partial charge is 0.255 e. The Labute approximate surface area is 178 Å². The summed E-state index contributed by atoms with van der Waals surface area (Å²) in [5.74, 6) is 1.53. The molecule has 8 heteroatoms. The van der Waals surface area contributed by atoms with Crippen LogP contribution in [0.15, 0.2) is 41.0 Å². The molecule has 5 rings (SSSR count). The van der Waals surface area contributed by atoms with E-state index in [9.17, 15) is 9.59 Å². The molecule has 0 radical (unpaired) electrons. The quantitative estimate of drug-likeness (QED) is 0.678. The van der Waals surface area contributed by atoms with Gasteiger partial charge in [-0.3, -0.25) is 9.59 Å². The Balaban J connectivity index is 1.24. The highest BCUT2D eigenvalue weighted by molar-refractivity contribution is 6.09. The van der Waals surface area contributed by atoms with Gasteiger partial charge in [0, 0.05) is 30.9 Å². The SMILES string of the molecule is COc1ccc(-c2ccc3c(c2)C[C@H](CNC(=O)c2coc4c2C(=O)CCC4)O3)nn1. The number of hydrogen-bond donors (Lipinski definition) is 1. The summed E-state index contributed by atoms with van der Waals surface area (Å²) in [6.07, 6.45) is 3.77. The second-order valence-electron chi connectivity index (χ2n) is 7.66. The second kappa shape index (κ2) is 7.86. The van der Waals surface area contributed by atoms with E-state index in [0.717, 1.165) is 29.0 Å². The fraction of sp³-hybridized carbons (Fsp3) is 0.304. The number of ketones is 1. The number of rotatable bonds is 5. The van der Waals surface area contributed by atoms with E-state index in [1.165, 1.54) is 6.26 Å². The number of hydrogen-bond acceptors (Lipinski definition) is 7. The minimum atomic E-state index is -0.311. The van der Waals surface area contributed by atoms with Crippen LogP contribution in [-0.2, 0) is 12.8 Å². The number of nitrogens with zero attached hydrogens (tertiary/aromatic N) is 2. The Morgan fingerprint density at radius 3 is 2.94 bits per heavy atom. The molecule has 158 valence electrons. The van der Waals surface area contributed by atoms with Gasteiger partial charge in [-0.25, -0.2) is 0 Å². The molecule has 0 saturated heterocycles. The number of methoxy groups -OCH3 is 1. The van der Waals surface area contributed by atoms with E-state index in [1.807, 2.05) is 24.3 Å². The van der Waals surface area contributed by atoms with Crippen LogP contribution in [0.25, 0.3) is 11.3 Å². The van der Waals surface area contributed by atoms with Gasteiger partial charge < -0.3 is 19.2 Å². The van der Waals surface area contributed by atoms with E-state index in [-0.39, 0.29) is 17.8 Å². The maximum Gasteiger partial charge on any atom is 0.255 e. The maximum atomic E-state index is 12.6. The van der Waals surface area contributed by atoms with Crippen molar-refractivity contribution in [1.29, 1.82) is 0 Å². The number of ether oxygens (including phenoxy) is 2. The normalized spacial score (nSPS) is 16.9. The fourth-order valence-corrected chi connectivity index (χ4v) is 4.07. The summed E-state index contributed by atoms with van der Waals surface area (Å²) in [5, 5.41) is 11.1. The lowest BCUT2D eigenvalue weighted by Gasteiger charge is -2.13. The van der Waals surface area contributed by atoms with Crippen LogP contribution >= 0.6 is 0 Å². The van der Waals surface area contributed by atoms with Crippen molar-refractivity contribution in [1.82, 2.24) is 15.5 Å². The lowest BCUT2D eigenvalue weighted by atomic mass is 9.94. The van der Waals surface area contributed by atoms with Gasteiger partial charge in [-0.1, -0.05) is 0 Å². The number of nitrogens with one attached hydrogen (secondary N) is 1. The minimum absolute atomic E-state index is 0.0289. The molecule has 1 aliphatic heterocycles. The number of Topliss-reactive ketones (excluding diaryl/α,β-unsaturated/α-hetero) is 1. The highest BCUT2D eigenvalue weighted by Crippen LogP contribution is 2.32. The van der Waals surface area contributed by atoms with E-state index in [0.29, 0.717) is 48.6 Å². The van der Waals surface area contributed by atoms with Crippen molar-refractivity contribution in [3.8, 4) is 22.9 Å². The van der Waals surface area contributed by atoms with E-state index >= 15 is 0 Å². The first-order valence-electron chi connectivity index (χ1n) is 10.2. The molecule has 0 saturated carbocycles. The zero-order chi connectivity index (χ0) is 21.4. The van der Waals surface area contributed by atoms with Gasteiger partial charge in [0.25, 0.3) is 5.91 Å². The van der Waals surface area contributed by atoms with Gasteiger partial charge >= 0.3 is 0 Å². The lowest BCUT2D eigenvalue weighted by molar-refractivity contribution is 0.0914. The van der Waals surface area contributed by atoms with Gasteiger partial charge in [0.15, 0.2) is 5.78 Å². The zero-order valence-corrected chi connectivity index (χ0v) is 17.0. The number of amides is 1. The van der Waals surface area contributed by atoms with Crippen LogP contribution in [0.2, 0.25) is 0 Å². The topological polar surface area (TPSA) is 104 Å². The molecule has 1 aromatic carbocycles. The van der Waals surface area contributed by atoms with Crippen LogP contribution in [0.1, 0.15) is 44.9 Å². The Kier molecular flexibility index (Phi) is 4.89. The molecule has 0 fully saturated rings. The number of aryl methyl sites for hydroxylation is 1. The average molecular weight is 419 g/mol. The standard InChI is InChI=1S/C23H21N3O5/c1-29-21-8-6-17(25-26-21)13-5-7-19-14(9-13)10-15(31-19)11-24-23(28)16-12-30-20-4-2-3-18(27)22(16)20/h5-9,12,15H,2-4,10-11H2,1H3,(H,24,28)/t15-/m1/s1. The number of carbonyl (C=O) groups is 2. The van der Waals surface area contributed by atoms with Crippen LogP contribution in [-0.4, -0.2) is 41.6 Å². The van der Waals surface area contributed by atoms with Crippen molar-refractivity contribution in [2.45, 2.75) is 31.8 Å². The number of aromatic nitrogens is 2. The highest BCUT2D eigenvalue weighted by Gasteiger charge is 2.29. The molecule has 0 unspecified atom stereocenters. The predicted molar refractivity (Wildman–Crippen MR) is 110 cm³/mol. The first kappa shape index (κ1) is 19.3. The molecule has 1 atom stereocenters. The summed E-state index contributed by atoms with van der Waals surface area (Å²) < 4.78 is 16.5. The second-order valence-corrected chi connectivity index (χ2v) is 7.66. The van der Waals surface area contributed by atoms with Crippen LogP contribution in [0.3, 0.4) is 0 Å². The monoisotopic (exact) mass is 419 g/mol. The highest BCUT2D eigenvalue weighted by atomic mass is 16.5. The summed E-state index contributed by atoms with van der Waals surface area (Å²) in [7, 11) is 1.55. The van der Waals surface area contributed by atoms with Crippen molar-refractivity contribution >= 4 is 11.7 Å². The molecule has 1 aliphatic carbocycles. The maximum absolute atomic E-state index is 12.6. The van der Waals surface area contributed by atoms with Crippen LogP contribution in [0.5, 0.6) is 11.6 Å². The molecule has 1 N–H and O–H groups in total. The number of carbonyl (C=O) groups excluding carboxylic acids is 2. The summed E-state index contributed by atoms with van der Waals surface area (Å²) >= 11 is 0. The van der Waals surface area contributed by atoms with E-state index in [2.05, 4.69) is 15.5 Å². The summed E-state index contributed by atoms with van der Waals surface area (Å²) in [5.41, 5.74) is 3.48. The number of benzene rings is 1. The third-order valence-electron chi connectivity index (χ3n) is 5.64. The molecule has 2 aliphatic rings.